The molecule has 0 saturated heterocycles. The van der Waals surface area contributed by atoms with Gasteiger partial charge in [0.15, 0.2) is 6.04 Å². The average Bonchev–Trinajstić information content (AvgIpc) is 3.25. The zero-order valence-corrected chi connectivity index (χ0v) is 39.5. The van der Waals surface area contributed by atoms with Crippen LogP contribution in [0.5, 0.6) is 0 Å². The van der Waals surface area contributed by atoms with Crippen molar-refractivity contribution < 1.29 is 47.8 Å². The maximum atomic E-state index is 12.3. The molecule has 12 heteroatoms. The van der Waals surface area contributed by atoms with Crippen LogP contribution in [0.2, 0.25) is 0 Å². The second kappa shape index (κ2) is 44.5. The molecule has 62 heavy (non-hydrogen) atoms. The van der Waals surface area contributed by atoms with Crippen LogP contribution in [0.15, 0.2) is 72.9 Å². The van der Waals surface area contributed by atoms with E-state index >= 15 is 0 Å². The quantitative estimate of drug-likeness (QED) is 0.0200. The minimum atomic E-state index is -4.78. The Morgan fingerprint density at radius 1 is 0.516 bits per heavy atom. The molecule has 0 aromatic rings. The fourth-order valence-corrected chi connectivity index (χ4v) is 6.99. The van der Waals surface area contributed by atoms with E-state index in [0.29, 0.717) is 19.3 Å². The highest BCUT2D eigenvalue weighted by Gasteiger charge is 2.28. The highest BCUT2D eigenvalue weighted by atomic mass is 31.2. The first kappa shape index (κ1) is 58.9. The van der Waals surface area contributed by atoms with Gasteiger partial charge >= 0.3 is 19.8 Å². The zero-order chi connectivity index (χ0) is 45.6. The van der Waals surface area contributed by atoms with E-state index in [4.69, 9.17) is 13.8 Å². The molecule has 0 rings (SSSR count). The number of nitrogens with one attached hydrogen (secondary N) is 1. The van der Waals surface area contributed by atoms with Gasteiger partial charge in [-0.15, -0.1) is 0 Å². The lowest BCUT2D eigenvalue weighted by atomic mass is 10.0. The fraction of sp³-hybridized carbons (Fsp3) is 0.700. The Labute approximate surface area is 376 Å². The summed E-state index contributed by atoms with van der Waals surface area (Å²) < 4.78 is 26.9. The monoisotopic (exact) mass is 892 g/mol. The number of hydrogen-bond donors (Lipinski definition) is 4. The summed E-state index contributed by atoms with van der Waals surface area (Å²) in [5.74, 6) is -2.46. The van der Waals surface area contributed by atoms with Crippen LogP contribution in [0.25, 0.3) is 0 Å². The fourth-order valence-electron chi connectivity index (χ4n) is 6.22. The van der Waals surface area contributed by atoms with Crippen molar-refractivity contribution in [1.82, 2.24) is 5.32 Å². The van der Waals surface area contributed by atoms with Crippen molar-refractivity contribution in [2.24, 2.45) is 0 Å². The molecular formula is C50H86NO10P. The number of aliphatic hydroxyl groups is 1. The van der Waals surface area contributed by atoms with Gasteiger partial charge in [-0.1, -0.05) is 170 Å². The molecule has 0 aliphatic rings. The highest BCUT2D eigenvalue weighted by Crippen LogP contribution is 2.43. The zero-order valence-electron chi connectivity index (χ0n) is 38.6. The van der Waals surface area contributed by atoms with Gasteiger partial charge in [0.25, 0.3) is 0 Å². The Morgan fingerprint density at radius 3 is 1.35 bits per heavy atom. The summed E-state index contributed by atoms with van der Waals surface area (Å²) >= 11 is 0. The van der Waals surface area contributed by atoms with Crippen LogP contribution in [-0.4, -0.2) is 64.9 Å². The molecule has 0 aliphatic carbocycles. The summed E-state index contributed by atoms with van der Waals surface area (Å²) in [5.41, 5.74) is 0. The summed E-state index contributed by atoms with van der Waals surface area (Å²) in [4.78, 5) is 46.0. The first-order chi connectivity index (χ1) is 30.1. The van der Waals surface area contributed by atoms with E-state index in [2.05, 4.69) is 79.9 Å². The van der Waals surface area contributed by atoms with E-state index in [-0.39, 0.29) is 12.8 Å². The lowest BCUT2D eigenvalue weighted by Crippen LogP contribution is -2.43. The smallest absolute Gasteiger partial charge is 0.472 e. The highest BCUT2D eigenvalue weighted by molar-refractivity contribution is 7.47. The van der Waals surface area contributed by atoms with Gasteiger partial charge < -0.3 is 25.2 Å². The lowest BCUT2D eigenvalue weighted by Gasteiger charge is -2.18. The van der Waals surface area contributed by atoms with E-state index < -0.39 is 57.6 Å². The van der Waals surface area contributed by atoms with Gasteiger partial charge in [0, 0.05) is 12.8 Å². The maximum Gasteiger partial charge on any atom is 0.472 e. The number of rotatable bonds is 44. The number of carboxylic acid groups (broad SMARTS) is 1. The number of carbonyl (C=O) groups is 3. The van der Waals surface area contributed by atoms with Crippen molar-refractivity contribution in [2.45, 2.75) is 206 Å². The number of aliphatic hydroxyl groups excluding tert-OH is 1. The Morgan fingerprint density at radius 2 is 0.903 bits per heavy atom. The van der Waals surface area contributed by atoms with Crippen molar-refractivity contribution in [1.29, 1.82) is 0 Å². The lowest BCUT2D eigenvalue weighted by molar-refractivity contribution is -0.147. The van der Waals surface area contributed by atoms with Gasteiger partial charge in [-0.2, -0.15) is 0 Å². The van der Waals surface area contributed by atoms with Crippen LogP contribution in [0.1, 0.15) is 194 Å². The molecule has 0 saturated carbocycles. The standard InChI is InChI=1S/C50H86NO10P/c1-3-5-7-9-11-13-15-17-19-21-22-23-24-26-28-30-32-34-36-38-40-42-49(54)59-43-46(52)44-60-62(57,58)61-45-47(50(55)56)51-48(53)41-39-37-35-33-31-29-27-25-20-18-16-14-12-10-8-6-4-2/h11-14,17-20,27,29,33,35,46-47,52H,3-10,15-16,21-26,28,30-32,34,36-45H2,1-2H3,(H,51,53)(H,55,56)(H,57,58)/b13-11-,14-12-,19-17-,20-18-,29-27-,35-33-. The first-order valence-electron chi connectivity index (χ1n) is 24.0. The number of esters is 1. The van der Waals surface area contributed by atoms with Crippen LogP contribution in [0.3, 0.4) is 0 Å². The second-order valence-electron chi connectivity index (χ2n) is 15.9. The van der Waals surface area contributed by atoms with Gasteiger partial charge in [0.05, 0.1) is 13.2 Å². The molecule has 0 spiro atoms. The minimum Gasteiger partial charge on any atom is -0.480 e. The van der Waals surface area contributed by atoms with Gasteiger partial charge in [0.1, 0.15) is 12.7 Å². The molecule has 4 N–H and O–H groups in total. The predicted octanol–water partition coefficient (Wildman–Crippen LogP) is 12.9. The van der Waals surface area contributed by atoms with Gasteiger partial charge in [-0.3, -0.25) is 18.6 Å². The van der Waals surface area contributed by atoms with Crippen LogP contribution >= 0.6 is 7.82 Å². The molecule has 0 bridgehead atoms. The molecule has 11 nitrogen and oxygen atoms in total. The van der Waals surface area contributed by atoms with E-state index in [1.807, 2.05) is 12.2 Å². The summed E-state index contributed by atoms with van der Waals surface area (Å²) in [7, 11) is -4.78. The molecule has 3 atom stereocenters. The number of aliphatic carboxylic acids is 1. The molecular weight excluding hydrogens is 806 g/mol. The summed E-state index contributed by atoms with van der Waals surface area (Å²) in [6, 6.07) is -1.58. The molecule has 0 aliphatic heterocycles. The molecule has 356 valence electrons. The molecule has 0 fully saturated rings. The number of carbonyl (C=O) groups excluding carboxylic acids is 2. The number of phosphoric acid groups is 1. The summed E-state index contributed by atoms with van der Waals surface area (Å²) in [5, 5.41) is 21.8. The Hall–Kier alpha value is -3.08. The first-order valence-corrected chi connectivity index (χ1v) is 25.5. The van der Waals surface area contributed by atoms with Crippen LogP contribution in [0.4, 0.5) is 0 Å². The predicted molar refractivity (Wildman–Crippen MR) is 254 cm³/mol. The average molecular weight is 892 g/mol. The number of allylic oxidation sites excluding steroid dienone is 12. The molecule has 0 radical (unpaired) electrons. The SMILES string of the molecule is CCCCC/C=C\C/C=C\C/C=C\C/C=C\CCCC(=O)NC(COP(=O)(O)OCC(O)COC(=O)CCCCCCCCCCCCC/C=C\C/C=C\CCCCC)C(=O)O. The van der Waals surface area contributed by atoms with Gasteiger partial charge in [0.2, 0.25) is 5.91 Å². The van der Waals surface area contributed by atoms with Crippen molar-refractivity contribution in [3.63, 3.8) is 0 Å². The number of phosphoric ester groups is 1. The largest absolute Gasteiger partial charge is 0.480 e. The Kier molecular flexibility index (Phi) is 42.3. The van der Waals surface area contributed by atoms with E-state index in [9.17, 15) is 34.1 Å². The maximum absolute atomic E-state index is 12.3. The number of ether oxygens (including phenoxy) is 1. The third kappa shape index (κ3) is 43.6. The third-order valence-electron chi connectivity index (χ3n) is 9.97. The van der Waals surface area contributed by atoms with Crippen LogP contribution in [0, 0.1) is 0 Å². The second-order valence-corrected chi connectivity index (χ2v) is 17.4. The normalized spacial score (nSPS) is 14.3. The van der Waals surface area contributed by atoms with Crippen molar-refractivity contribution in [3.8, 4) is 0 Å². The van der Waals surface area contributed by atoms with Crippen LogP contribution in [-0.2, 0) is 32.7 Å². The Balaban J connectivity index is 3.92. The number of hydrogen-bond acceptors (Lipinski definition) is 8. The molecule has 0 aromatic carbocycles. The topological polar surface area (TPSA) is 169 Å². The minimum absolute atomic E-state index is 0.0667. The number of amides is 1. The van der Waals surface area contributed by atoms with Crippen molar-refractivity contribution >= 4 is 25.7 Å². The molecule has 0 aromatic heterocycles. The van der Waals surface area contributed by atoms with Crippen molar-refractivity contribution in [3.05, 3.63) is 72.9 Å². The van der Waals surface area contributed by atoms with Crippen molar-refractivity contribution in [2.75, 3.05) is 19.8 Å². The van der Waals surface area contributed by atoms with Crippen LogP contribution < -0.4 is 5.32 Å². The molecule has 1 amide bonds. The van der Waals surface area contributed by atoms with E-state index in [0.717, 1.165) is 51.4 Å². The molecule has 3 unspecified atom stereocenters. The number of carboxylic acids is 1. The molecule has 0 heterocycles. The third-order valence-corrected chi connectivity index (χ3v) is 10.9. The van der Waals surface area contributed by atoms with Gasteiger partial charge in [-0.25, -0.2) is 9.36 Å². The Bertz CT molecular complexity index is 1320. The van der Waals surface area contributed by atoms with E-state index in [1.54, 1.807) is 0 Å². The summed E-state index contributed by atoms with van der Waals surface area (Å²) in [6.07, 6.45) is 53.6. The number of unbranched alkanes of at least 4 members (excludes halogenated alkanes) is 18. The summed E-state index contributed by atoms with van der Waals surface area (Å²) in [6.45, 7) is 2.50. The van der Waals surface area contributed by atoms with E-state index in [1.165, 1.54) is 96.3 Å². The van der Waals surface area contributed by atoms with Gasteiger partial charge in [-0.05, 0) is 83.5 Å².